The smallest absolute Gasteiger partial charge is 0.324 e. The summed E-state index contributed by atoms with van der Waals surface area (Å²) < 4.78 is 20.9. The molecule has 4 aliphatic rings. The highest BCUT2D eigenvalue weighted by molar-refractivity contribution is 7.38. The predicted octanol–water partition coefficient (Wildman–Crippen LogP) is 28.1. The summed E-state index contributed by atoms with van der Waals surface area (Å²) in [6.07, 6.45) is 1.89. The Bertz CT molecular complexity index is 5540. The van der Waals surface area contributed by atoms with E-state index in [1.54, 1.807) is 0 Å². The van der Waals surface area contributed by atoms with E-state index in [4.69, 9.17) is 58.7 Å². The number of hydrogen-bond acceptors (Lipinski definition) is 16. The van der Waals surface area contributed by atoms with Gasteiger partial charge in [-0.25, -0.2) is 0 Å². The first-order valence-corrected chi connectivity index (χ1v) is 55.2. The lowest BCUT2D eigenvalue weighted by Crippen LogP contribution is -2.76. The van der Waals surface area contributed by atoms with Crippen molar-refractivity contribution < 1.29 is 78.4 Å². The average Bonchev–Trinajstić information content (AvgIpc) is 1.57. The summed E-state index contributed by atoms with van der Waals surface area (Å²) >= 11 is 0. The quantitative estimate of drug-likeness (QED) is 0.0716. The van der Waals surface area contributed by atoms with Gasteiger partial charge in [0.25, 0.3) is 0 Å². The van der Waals surface area contributed by atoms with E-state index in [1.165, 1.54) is 44.5 Å². The molecule has 2 aliphatic carbocycles. The summed E-state index contributed by atoms with van der Waals surface area (Å²) in [5.74, 6) is 1.57. The maximum atomic E-state index is 19.9. The van der Waals surface area contributed by atoms with Gasteiger partial charge in [0, 0.05) is 46.2 Å². The first kappa shape index (κ1) is 121. The van der Waals surface area contributed by atoms with Gasteiger partial charge >= 0.3 is 34.4 Å². The van der Waals surface area contributed by atoms with Gasteiger partial charge < -0.3 is 78.4 Å². The Morgan fingerprint density at radius 2 is 0.326 bits per heavy atom. The number of aliphatic hydroxyl groups is 2. The maximum Gasteiger partial charge on any atom is 0.324 e. The molecule has 0 bridgehead atoms. The third kappa shape index (κ3) is 24.5. The second kappa shape index (κ2) is 39.8. The molecular weight excluding hydrogens is 1830 g/mol. The van der Waals surface area contributed by atoms with Crippen molar-refractivity contribution in [1.29, 1.82) is 0 Å². The molecule has 0 saturated heterocycles. The molecule has 12 rings (SSSR count). The van der Waals surface area contributed by atoms with E-state index in [1.807, 2.05) is 0 Å². The Kier molecular flexibility index (Phi) is 34.1. The summed E-state index contributed by atoms with van der Waals surface area (Å²) in [5.41, 5.74) is 15.2. The van der Waals surface area contributed by atoms with Crippen molar-refractivity contribution in [3.05, 3.63) is 264 Å². The summed E-state index contributed by atoms with van der Waals surface area (Å²) in [6.45, 7) is 115. The van der Waals surface area contributed by atoms with E-state index in [0.717, 1.165) is 134 Å². The van der Waals surface area contributed by atoms with Crippen LogP contribution in [0.1, 0.15) is 499 Å². The van der Waals surface area contributed by atoms with E-state index in [0.29, 0.717) is 25.7 Å². The van der Waals surface area contributed by atoms with Crippen LogP contribution in [-0.4, -0.2) is 75.5 Å². The average molecular weight is 2020 g/mol. The van der Waals surface area contributed by atoms with Crippen LogP contribution in [-0.2, 0) is 129 Å². The molecule has 2 aliphatic heterocycles. The molecule has 2 heterocycles. The third-order valence-corrected chi connectivity index (χ3v) is 29.3. The van der Waals surface area contributed by atoms with Crippen LogP contribution in [0.15, 0.2) is 97.1 Å². The minimum absolute atomic E-state index is 0.313. The molecule has 2 spiro atoms. The molecule has 20 heteroatoms. The third-order valence-electron chi connectivity index (χ3n) is 29.3. The molecule has 0 radical (unpaired) electrons. The molecule has 2 unspecified atom stereocenters. The highest BCUT2D eigenvalue weighted by Crippen LogP contribution is 2.78. The van der Waals surface area contributed by atoms with E-state index in [2.05, 4.69) is 429 Å². The molecule has 0 aromatic heterocycles. The summed E-state index contributed by atoms with van der Waals surface area (Å²) in [7, 11) is -10.5. The number of fused-ring (bicyclic) bond motifs is 12. The van der Waals surface area contributed by atoms with E-state index < -0.39 is 117 Å². The fourth-order valence-electron chi connectivity index (χ4n) is 21.8. The normalized spacial score (nSPS) is 18.3. The van der Waals surface area contributed by atoms with E-state index >= 15 is 10.2 Å². The number of aliphatic hydroxyl groups excluding tert-OH is 1. The number of rotatable bonds is 2. The Balaban J connectivity index is 0.00000141. The summed E-state index contributed by atoms with van der Waals surface area (Å²) in [5, 5.41) is 37.4. The van der Waals surface area contributed by atoms with Gasteiger partial charge in [-0.2, -0.15) is 0 Å². The first-order chi connectivity index (χ1) is 62.8. The minimum atomic E-state index is -2.62. The van der Waals surface area contributed by atoms with Gasteiger partial charge in [0.1, 0.15) is 22.5 Å². The zero-order chi connectivity index (χ0) is 109. The highest BCUT2D eigenvalue weighted by Gasteiger charge is 2.83. The molecule has 16 nitrogen and oxygen atoms in total. The van der Waals surface area contributed by atoms with Crippen LogP contribution in [0.3, 0.4) is 0 Å². The van der Waals surface area contributed by atoms with Crippen LogP contribution in [0, 0.1) is 5.41 Å². The van der Waals surface area contributed by atoms with Crippen molar-refractivity contribution >= 4 is 34.4 Å². The van der Waals surface area contributed by atoms with Gasteiger partial charge in [0.05, 0.1) is 6.61 Å². The van der Waals surface area contributed by atoms with Crippen LogP contribution in [0.4, 0.5) is 0 Å². The van der Waals surface area contributed by atoms with Crippen molar-refractivity contribution in [2.45, 2.75) is 461 Å². The minimum Gasteiger partial charge on any atom is -0.476 e. The topological polar surface area (TPSA) is 302 Å². The Labute approximate surface area is 856 Å². The molecule has 0 amide bonds. The maximum absolute atomic E-state index is 19.9. The molecule has 141 heavy (non-hydrogen) atoms. The zero-order valence-electron chi connectivity index (χ0n) is 95.6. The van der Waals surface area contributed by atoms with Gasteiger partial charge in [0.2, 0.25) is 0 Å². The van der Waals surface area contributed by atoms with Crippen molar-refractivity contribution in [2.75, 3.05) is 6.61 Å². The Morgan fingerprint density at radius 3 is 0.468 bits per heavy atom. The number of benzene rings is 8. The Morgan fingerprint density at radius 1 is 0.199 bits per heavy atom. The van der Waals surface area contributed by atoms with Gasteiger partial charge in [-0.3, -0.25) is 0 Å². The van der Waals surface area contributed by atoms with E-state index in [9.17, 15) is 9.47 Å². The predicted molar refractivity (Wildman–Crippen MR) is 592 cm³/mol. The molecule has 2 atom stereocenters. The van der Waals surface area contributed by atoms with Gasteiger partial charge in [-0.1, -0.05) is 429 Å². The van der Waals surface area contributed by atoms with Crippen LogP contribution in [0.25, 0.3) is 0 Å². The van der Waals surface area contributed by atoms with Crippen molar-refractivity contribution in [3.8, 4) is 11.5 Å². The van der Waals surface area contributed by atoms with Gasteiger partial charge in [-0.15, -0.1) is 0 Å². The summed E-state index contributed by atoms with van der Waals surface area (Å²) in [6, 6.07) is 41.1. The largest absolute Gasteiger partial charge is 0.476 e. The SMILES string of the molecule is CC(C)(C)c1cc2c(c(C(C)(C)C)c1)OC1(c3c(cc(C(C)(C)C)cc3C(C)(C)C)C2)c2c(cc(C(C)(C)C)cc2C(C)(C)C)Cc2cc(C(C)(C)C)cc(C(C)(C)C)c2C2(Oc3c(cc(C(C)(C)C)cc3C(C)(C)C)Cc3cc(C(C)(C)C)cc(C(C)(C)C)c32)C1(CO)C1(O)c2c(cc(C(C)(C)C)cc2C(C)(C)C)Cc2cc(C(C)(C)C)cc(C(C)(C)C)c21.OP(O)O.OP(O)O.OP(O)O.OP(O)O. The van der Waals surface area contributed by atoms with Crippen LogP contribution < -0.4 is 9.47 Å². The van der Waals surface area contributed by atoms with Crippen LogP contribution >= 0.6 is 34.4 Å². The fraction of sp³-hybridized carbons (Fsp3) is 0.603. The molecule has 784 valence electrons. The molecule has 14 N–H and O–H groups in total. The lowest BCUT2D eigenvalue weighted by atomic mass is 9.39. The molecular formula is C121H184O16P4. The molecule has 8 aromatic carbocycles. The number of ether oxygens (including phenoxy) is 2. The lowest BCUT2D eigenvalue weighted by molar-refractivity contribution is -0.257. The van der Waals surface area contributed by atoms with E-state index in [-0.39, 0.29) is 32.5 Å². The second-order valence-electron chi connectivity index (χ2n) is 57.5. The van der Waals surface area contributed by atoms with Gasteiger partial charge in [0.15, 0.2) is 11.2 Å². The molecule has 0 saturated carbocycles. The van der Waals surface area contributed by atoms with Crippen molar-refractivity contribution in [2.24, 2.45) is 5.41 Å². The second-order valence-corrected chi connectivity index (χ2v) is 59.6. The standard InChI is InChI=1S/C121H172O4.4H3O3P/c1-102(2,3)78-53-70-49-71-54-79(103(4,5)6)62-87(111(28,29)30)95(71)119(123,94(70)86(61-78)110(25,26)27)118(69-122)120(98-74(57-82(106(13,14)15)65-90(98)114(37,38)39)51-76-59-84(108(19,20)21)67-92(100(76)124-120)116(43,44)45)96-72(55-80(104(7,8)9)63-88(96)112(31,32)33)50-73-56-81(105(10,11)12)64-89(113(34,35)36)97(73)121(118)99-75(58-83(107(16,17)18)66-91(99)115(40,41)42)52-77-60-85(109(22,23)24)68-93(101(77)125-121)117(46,47)48;4*1-4(2)3/h53-68,122-123H,49-52,69H2,1-48H3;4*1-3H. The number of hydrogen-bond donors (Lipinski definition) is 14. The van der Waals surface area contributed by atoms with Gasteiger partial charge in [-0.05, 0) is 233 Å². The van der Waals surface area contributed by atoms with Crippen molar-refractivity contribution in [3.63, 3.8) is 0 Å². The Hall–Kier alpha value is -5.48. The monoisotopic (exact) mass is 2020 g/mol. The molecule has 0 fully saturated rings. The fourth-order valence-corrected chi connectivity index (χ4v) is 21.8. The first-order valence-electron chi connectivity index (χ1n) is 50.4. The van der Waals surface area contributed by atoms with Crippen LogP contribution in [0.2, 0.25) is 0 Å². The highest BCUT2D eigenvalue weighted by atomic mass is 31.2. The lowest BCUT2D eigenvalue weighted by Gasteiger charge is -2.68. The zero-order valence-corrected chi connectivity index (χ0v) is 99.2. The summed E-state index contributed by atoms with van der Waals surface area (Å²) in [4.78, 5) is 86.8. The molecule has 8 aromatic rings. The van der Waals surface area contributed by atoms with Crippen LogP contribution in [0.5, 0.6) is 11.5 Å². The van der Waals surface area contributed by atoms with Crippen molar-refractivity contribution in [1.82, 2.24) is 0 Å².